The molecule has 0 heterocycles. The molecule has 21 heavy (non-hydrogen) atoms. The second kappa shape index (κ2) is 8.91. The van der Waals surface area contributed by atoms with Gasteiger partial charge in [-0.25, -0.2) is 21.9 Å². The van der Waals surface area contributed by atoms with Crippen LogP contribution in [0.4, 0.5) is 14.5 Å². The van der Waals surface area contributed by atoms with Gasteiger partial charge >= 0.3 is 0 Å². The molecule has 0 bridgehead atoms. The van der Waals surface area contributed by atoms with E-state index in [1.165, 1.54) is 12.1 Å². The van der Waals surface area contributed by atoms with Crippen LogP contribution >= 0.6 is 0 Å². The minimum Gasteiger partial charge on any atom is -0.385 e. The molecule has 2 N–H and O–H groups in total. The van der Waals surface area contributed by atoms with Gasteiger partial charge in [-0.3, -0.25) is 0 Å². The molecule has 0 aliphatic heterocycles. The highest BCUT2D eigenvalue weighted by molar-refractivity contribution is 7.89. The monoisotopic (exact) mass is 322 g/mol. The van der Waals surface area contributed by atoms with Gasteiger partial charge in [0.2, 0.25) is 10.0 Å². The van der Waals surface area contributed by atoms with Crippen LogP contribution in [0.15, 0.2) is 29.2 Å². The highest BCUT2D eigenvalue weighted by atomic mass is 32.2. The summed E-state index contributed by atoms with van der Waals surface area (Å²) in [7, 11) is -3.64. The Morgan fingerprint density at radius 1 is 1.19 bits per heavy atom. The zero-order chi connectivity index (χ0) is 15.7. The fourth-order valence-corrected chi connectivity index (χ4v) is 2.54. The number of anilines is 1. The van der Waals surface area contributed by atoms with Crippen LogP contribution in [0.1, 0.15) is 13.3 Å². The molecule has 0 fully saturated rings. The summed E-state index contributed by atoms with van der Waals surface area (Å²) < 4.78 is 54.4. The molecule has 8 heteroatoms. The van der Waals surface area contributed by atoms with E-state index in [0.717, 1.165) is 18.7 Å². The average Bonchev–Trinajstić information content (AvgIpc) is 2.44. The Labute approximate surface area is 123 Å². The van der Waals surface area contributed by atoms with Gasteiger partial charge in [0.1, 0.15) is 6.61 Å². The van der Waals surface area contributed by atoms with E-state index in [4.69, 9.17) is 0 Å². The van der Waals surface area contributed by atoms with Crippen molar-refractivity contribution >= 4 is 15.7 Å². The molecule has 0 spiro atoms. The number of sulfonamides is 1. The van der Waals surface area contributed by atoms with Crippen LogP contribution in [0.5, 0.6) is 0 Å². The smallest absolute Gasteiger partial charge is 0.261 e. The van der Waals surface area contributed by atoms with E-state index in [-0.39, 0.29) is 18.0 Å². The lowest BCUT2D eigenvalue weighted by atomic mass is 10.3. The van der Waals surface area contributed by atoms with Crippen LogP contribution in [0.25, 0.3) is 0 Å². The summed E-state index contributed by atoms with van der Waals surface area (Å²) in [5.41, 5.74) is 0.844. The molecule has 0 aliphatic carbocycles. The highest BCUT2D eigenvalue weighted by Gasteiger charge is 2.13. The van der Waals surface area contributed by atoms with Gasteiger partial charge in [-0.15, -0.1) is 0 Å². The first-order chi connectivity index (χ1) is 9.95. The van der Waals surface area contributed by atoms with Crippen molar-refractivity contribution in [2.45, 2.75) is 24.7 Å². The molecular formula is C13H20F2N2O3S. The van der Waals surface area contributed by atoms with Gasteiger partial charge in [-0.1, -0.05) is 6.92 Å². The van der Waals surface area contributed by atoms with Crippen molar-refractivity contribution in [3.8, 4) is 0 Å². The Hall–Kier alpha value is -1.25. The maximum atomic E-state index is 11.9. The summed E-state index contributed by atoms with van der Waals surface area (Å²) >= 11 is 0. The first kappa shape index (κ1) is 17.8. The number of hydrogen-bond donors (Lipinski definition) is 2. The Bertz CT molecular complexity index is 507. The van der Waals surface area contributed by atoms with Crippen molar-refractivity contribution in [2.24, 2.45) is 0 Å². The third kappa shape index (κ3) is 6.83. The van der Waals surface area contributed by atoms with Crippen molar-refractivity contribution in [3.05, 3.63) is 24.3 Å². The van der Waals surface area contributed by atoms with E-state index >= 15 is 0 Å². The van der Waals surface area contributed by atoms with Crippen LogP contribution in [-0.4, -0.2) is 41.1 Å². The number of halogens is 2. The predicted octanol–water partition coefficient (Wildman–Crippen LogP) is 2.07. The second-order valence-corrected chi connectivity index (χ2v) is 6.08. The molecular weight excluding hydrogens is 302 g/mol. The van der Waals surface area contributed by atoms with Crippen LogP contribution in [0, 0.1) is 0 Å². The minimum absolute atomic E-state index is 0.0507. The molecule has 0 unspecified atom stereocenters. The third-order valence-electron chi connectivity index (χ3n) is 2.53. The molecule has 1 aromatic carbocycles. The lowest BCUT2D eigenvalue weighted by Crippen LogP contribution is -2.28. The fourth-order valence-electron chi connectivity index (χ4n) is 1.53. The molecule has 5 nitrogen and oxygen atoms in total. The maximum absolute atomic E-state index is 11.9. The van der Waals surface area contributed by atoms with Crippen LogP contribution in [-0.2, 0) is 14.8 Å². The molecule has 0 aliphatic rings. The molecule has 0 radical (unpaired) electrons. The summed E-state index contributed by atoms with van der Waals surface area (Å²) in [6, 6.07) is 6.33. The Balaban J connectivity index is 2.46. The number of alkyl halides is 2. The predicted molar refractivity (Wildman–Crippen MR) is 77.2 cm³/mol. The quantitative estimate of drug-likeness (QED) is 0.647. The second-order valence-electron chi connectivity index (χ2n) is 4.31. The molecule has 1 rings (SSSR count). The molecule has 120 valence electrons. The zero-order valence-corrected chi connectivity index (χ0v) is 12.6. The number of nitrogens with one attached hydrogen (secondary N) is 2. The van der Waals surface area contributed by atoms with Crippen molar-refractivity contribution in [2.75, 3.05) is 31.6 Å². The van der Waals surface area contributed by atoms with Crippen LogP contribution < -0.4 is 10.0 Å². The van der Waals surface area contributed by atoms with Gasteiger partial charge in [0.15, 0.2) is 0 Å². The summed E-state index contributed by atoms with van der Waals surface area (Å²) in [5, 5.41) is 3.14. The molecule has 0 saturated heterocycles. The first-order valence-corrected chi connectivity index (χ1v) is 8.13. The molecule has 0 amide bonds. The molecule has 0 atom stereocenters. The standard InChI is InChI=1S/C13H20F2N2O3S/c1-2-7-16-11-3-5-12(6-4-11)21(18,19)17-8-9-20-10-13(14)15/h3-6,13,16-17H,2,7-10H2,1H3. The number of benzene rings is 1. The van der Waals surface area contributed by atoms with Crippen molar-refractivity contribution in [3.63, 3.8) is 0 Å². The van der Waals surface area contributed by atoms with E-state index < -0.39 is 23.1 Å². The van der Waals surface area contributed by atoms with Gasteiger partial charge in [-0.05, 0) is 30.7 Å². The van der Waals surface area contributed by atoms with E-state index in [1.807, 2.05) is 6.92 Å². The fraction of sp³-hybridized carbons (Fsp3) is 0.538. The Kier molecular flexibility index (Phi) is 7.55. The Morgan fingerprint density at radius 2 is 1.86 bits per heavy atom. The highest BCUT2D eigenvalue weighted by Crippen LogP contribution is 2.13. The largest absolute Gasteiger partial charge is 0.385 e. The maximum Gasteiger partial charge on any atom is 0.261 e. The lowest BCUT2D eigenvalue weighted by Gasteiger charge is -2.09. The van der Waals surface area contributed by atoms with Gasteiger partial charge in [0.05, 0.1) is 11.5 Å². The first-order valence-electron chi connectivity index (χ1n) is 6.65. The van der Waals surface area contributed by atoms with Gasteiger partial charge in [0, 0.05) is 18.8 Å². The van der Waals surface area contributed by atoms with Crippen molar-refractivity contribution in [1.82, 2.24) is 4.72 Å². The summed E-state index contributed by atoms with van der Waals surface area (Å²) in [6.07, 6.45) is -1.58. The summed E-state index contributed by atoms with van der Waals surface area (Å²) in [5.74, 6) is 0. The SMILES string of the molecule is CCCNc1ccc(S(=O)(=O)NCCOCC(F)F)cc1. The Morgan fingerprint density at radius 3 is 2.43 bits per heavy atom. The summed E-state index contributed by atoms with van der Waals surface area (Å²) in [4.78, 5) is 0.124. The number of rotatable bonds is 10. The third-order valence-corrected chi connectivity index (χ3v) is 4.00. The van der Waals surface area contributed by atoms with Crippen LogP contribution in [0.2, 0.25) is 0 Å². The van der Waals surface area contributed by atoms with Gasteiger partial charge in [0.25, 0.3) is 6.43 Å². The van der Waals surface area contributed by atoms with Crippen LogP contribution in [0.3, 0.4) is 0 Å². The molecule has 0 aromatic heterocycles. The topological polar surface area (TPSA) is 67.4 Å². The lowest BCUT2D eigenvalue weighted by molar-refractivity contribution is 0.0199. The van der Waals surface area contributed by atoms with E-state index in [2.05, 4.69) is 14.8 Å². The van der Waals surface area contributed by atoms with Gasteiger partial charge in [-0.2, -0.15) is 0 Å². The molecule has 1 aromatic rings. The van der Waals surface area contributed by atoms with E-state index in [0.29, 0.717) is 0 Å². The average molecular weight is 322 g/mol. The van der Waals surface area contributed by atoms with E-state index in [1.54, 1.807) is 12.1 Å². The number of ether oxygens (including phenoxy) is 1. The number of hydrogen-bond acceptors (Lipinski definition) is 4. The van der Waals surface area contributed by atoms with E-state index in [9.17, 15) is 17.2 Å². The normalized spacial score (nSPS) is 11.8. The van der Waals surface area contributed by atoms with Crippen molar-refractivity contribution < 1.29 is 21.9 Å². The zero-order valence-electron chi connectivity index (χ0n) is 11.8. The van der Waals surface area contributed by atoms with Gasteiger partial charge < -0.3 is 10.1 Å². The van der Waals surface area contributed by atoms with Crippen molar-refractivity contribution in [1.29, 1.82) is 0 Å². The minimum atomic E-state index is -3.64. The summed E-state index contributed by atoms with van der Waals surface area (Å²) in [6.45, 7) is 2.00. The molecule has 0 saturated carbocycles.